The molecule has 1 aliphatic rings. The van der Waals surface area contributed by atoms with Crippen molar-refractivity contribution >= 4 is 12.4 Å². The normalized spacial score (nSPS) is 26.6. The van der Waals surface area contributed by atoms with Crippen LogP contribution in [0.4, 0.5) is 0 Å². The van der Waals surface area contributed by atoms with E-state index in [1.807, 2.05) is 12.2 Å². The van der Waals surface area contributed by atoms with Crippen LogP contribution in [-0.2, 0) is 0 Å². The maximum Gasteiger partial charge on any atom is 0.0845 e. The lowest BCUT2D eigenvalue weighted by atomic mass is 10.3. The highest BCUT2D eigenvalue weighted by atomic mass is 35.5. The molecule has 2 nitrogen and oxygen atoms in total. The molecule has 54 valence electrons. The van der Waals surface area contributed by atoms with Gasteiger partial charge >= 0.3 is 0 Å². The van der Waals surface area contributed by atoms with Gasteiger partial charge in [0, 0.05) is 6.54 Å². The van der Waals surface area contributed by atoms with Gasteiger partial charge in [-0.15, -0.1) is 12.4 Å². The molecule has 0 amide bonds. The van der Waals surface area contributed by atoms with Gasteiger partial charge in [-0.2, -0.15) is 0 Å². The van der Waals surface area contributed by atoms with Gasteiger partial charge in [-0.3, -0.25) is 0 Å². The highest BCUT2D eigenvalue weighted by molar-refractivity contribution is 5.85. The SMILES string of the molecule is Cl.OC1C=CCCNC1. The summed E-state index contributed by atoms with van der Waals surface area (Å²) >= 11 is 0. The summed E-state index contributed by atoms with van der Waals surface area (Å²) in [5.74, 6) is 0. The van der Waals surface area contributed by atoms with Crippen molar-refractivity contribution in [2.45, 2.75) is 12.5 Å². The summed E-state index contributed by atoms with van der Waals surface area (Å²) in [5.41, 5.74) is 0. The number of aliphatic hydroxyl groups excluding tert-OH is 1. The molecule has 0 aromatic heterocycles. The minimum absolute atomic E-state index is 0. The van der Waals surface area contributed by atoms with Crippen molar-refractivity contribution in [1.82, 2.24) is 5.32 Å². The van der Waals surface area contributed by atoms with E-state index in [0.29, 0.717) is 6.54 Å². The Kier molecular flexibility index (Phi) is 4.77. The number of aliphatic hydroxyl groups is 1. The van der Waals surface area contributed by atoms with Crippen molar-refractivity contribution in [1.29, 1.82) is 0 Å². The Morgan fingerprint density at radius 1 is 1.56 bits per heavy atom. The molecule has 1 unspecified atom stereocenters. The van der Waals surface area contributed by atoms with Gasteiger partial charge in [0.2, 0.25) is 0 Å². The van der Waals surface area contributed by atoms with Crippen LogP contribution in [0.15, 0.2) is 12.2 Å². The summed E-state index contributed by atoms with van der Waals surface area (Å²) in [5, 5.41) is 12.0. The van der Waals surface area contributed by atoms with Gasteiger partial charge in [0.1, 0.15) is 0 Å². The molecule has 0 aromatic carbocycles. The topological polar surface area (TPSA) is 32.3 Å². The largest absolute Gasteiger partial charge is 0.388 e. The average Bonchev–Trinajstić information content (AvgIpc) is 1.94. The number of hydrogen-bond donors (Lipinski definition) is 2. The molecule has 0 fully saturated rings. The van der Waals surface area contributed by atoms with Crippen molar-refractivity contribution in [3.8, 4) is 0 Å². The van der Waals surface area contributed by atoms with Crippen LogP contribution < -0.4 is 5.32 Å². The summed E-state index contributed by atoms with van der Waals surface area (Å²) in [6, 6.07) is 0. The molecule has 1 rings (SSSR count). The van der Waals surface area contributed by atoms with Gasteiger partial charge in [0.05, 0.1) is 6.10 Å². The standard InChI is InChI=1S/C6H11NO.ClH/c8-6-3-1-2-4-7-5-6;/h1,3,6-8H,2,4-5H2;1H. The number of hydrogen-bond acceptors (Lipinski definition) is 2. The molecule has 0 aromatic rings. The summed E-state index contributed by atoms with van der Waals surface area (Å²) in [6.45, 7) is 1.70. The molecule has 0 radical (unpaired) electrons. The smallest absolute Gasteiger partial charge is 0.0845 e. The monoisotopic (exact) mass is 149 g/mol. The molecule has 3 heteroatoms. The zero-order valence-electron chi connectivity index (χ0n) is 5.21. The number of halogens is 1. The Hall–Kier alpha value is -0.0500. The number of β-amino-alcohol motifs (C(OH)–C–C–N with tert-alkyl or cyclic N) is 1. The third kappa shape index (κ3) is 3.51. The average molecular weight is 150 g/mol. The van der Waals surface area contributed by atoms with E-state index in [-0.39, 0.29) is 18.5 Å². The zero-order chi connectivity index (χ0) is 5.82. The fraction of sp³-hybridized carbons (Fsp3) is 0.667. The lowest BCUT2D eigenvalue weighted by Gasteiger charge is -2.00. The maximum absolute atomic E-state index is 8.94. The van der Waals surface area contributed by atoms with Crippen LogP contribution in [-0.4, -0.2) is 24.3 Å². The molecule has 1 aliphatic heterocycles. The maximum atomic E-state index is 8.94. The summed E-state index contributed by atoms with van der Waals surface area (Å²) in [6.07, 6.45) is 4.61. The molecule has 1 atom stereocenters. The summed E-state index contributed by atoms with van der Waals surface area (Å²) in [7, 11) is 0. The second-order valence-electron chi connectivity index (χ2n) is 1.99. The molecule has 0 spiro atoms. The third-order valence-corrected chi connectivity index (χ3v) is 1.20. The first-order valence-corrected chi connectivity index (χ1v) is 2.95. The van der Waals surface area contributed by atoms with Crippen LogP contribution in [0.5, 0.6) is 0 Å². The first-order valence-electron chi connectivity index (χ1n) is 2.95. The molecular formula is C6H12ClNO. The van der Waals surface area contributed by atoms with Crippen LogP contribution in [0.2, 0.25) is 0 Å². The molecular weight excluding hydrogens is 138 g/mol. The molecule has 0 bridgehead atoms. The molecule has 9 heavy (non-hydrogen) atoms. The van der Waals surface area contributed by atoms with E-state index < -0.39 is 0 Å². The third-order valence-electron chi connectivity index (χ3n) is 1.20. The highest BCUT2D eigenvalue weighted by Gasteiger charge is 1.99. The van der Waals surface area contributed by atoms with Crippen LogP contribution in [0.1, 0.15) is 6.42 Å². The van der Waals surface area contributed by atoms with Crippen LogP contribution in [0.25, 0.3) is 0 Å². The lowest BCUT2D eigenvalue weighted by molar-refractivity contribution is 0.222. The predicted octanol–water partition coefficient (Wildman–Crippen LogP) is 0.319. The van der Waals surface area contributed by atoms with Crippen molar-refractivity contribution in [3.05, 3.63) is 12.2 Å². The molecule has 0 saturated heterocycles. The van der Waals surface area contributed by atoms with Crippen LogP contribution in [0.3, 0.4) is 0 Å². The molecule has 1 heterocycles. The fourth-order valence-electron chi connectivity index (χ4n) is 0.757. The first-order chi connectivity index (χ1) is 3.89. The Morgan fingerprint density at radius 2 is 2.33 bits per heavy atom. The Labute approximate surface area is 61.4 Å². The van der Waals surface area contributed by atoms with Crippen molar-refractivity contribution in [2.24, 2.45) is 0 Å². The van der Waals surface area contributed by atoms with E-state index in [1.54, 1.807) is 0 Å². The van der Waals surface area contributed by atoms with E-state index in [9.17, 15) is 0 Å². The van der Waals surface area contributed by atoms with Gasteiger partial charge in [0.15, 0.2) is 0 Å². The van der Waals surface area contributed by atoms with Crippen molar-refractivity contribution < 1.29 is 5.11 Å². The second-order valence-corrected chi connectivity index (χ2v) is 1.99. The van der Waals surface area contributed by atoms with Crippen LogP contribution in [0, 0.1) is 0 Å². The summed E-state index contributed by atoms with van der Waals surface area (Å²) < 4.78 is 0. The highest BCUT2D eigenvalue weighted by Crippen LogP contribution is 1.91. The van der Waals surface area contributed by atoms with Crippen molar-refractivity contribution in [3.63, 3.8) is 0 Å². The molecule has 2 N–H and O–H groups in total. The first kappa shape index (κ1) is 8.95. The van der Waals surface area contributed by atoms with E-state index in [1.165, 1.54) is 0 Å². The van der Waals surface area contributed by atoms with Crippen LogP contribution >= 0.6 is 12.4 Å². The minimum Gasteiger partial charge on any atom is -0.388 e. The van der Waals surface area contributed by atoms with Gasteiger partial charge in [-0.1, -0.05) is 12.2 Å². The fourth-order valence-corrected chi connectivity index (χ4v) is 0.757. The number of nitrogens with one attached hydrogen (secondary N) is 1. The molecule has 0 saturated carbocycles. The van der Waals surface area contributed by atoms with Gasteiger partial charge < -0.3 is 10.4 Å². The van der Waals surface area contributed by atoms with Gasteiger partial charge in [0.25, 0.3) is 0 Å². The lowest BCUT2D eigenvalue weighted by Crippen LogP contribution is -2.23. The van der Waals surface area contributed by atoms with E-state index in [2.05, 4.69) is 5.32 Å². The Bertz CT molecular complexity index is 95.1. The van der Waals surface area contributed by atoms with E-state index >= 15 is 0 Å². The van der Waals surface area contributed by atoms with E-state index in [0.717, 1.165) is 13.0 Å². The van der Waals surface area contributed by atoms with Gasteiger partial charge in [-0.05, 0) is 13.0 Å². The zero-order valence-corrected chi connectivity index (χ0v) is 6.03. The Balaban J connectivity index is 0.000000640. The predicted molar refractivity (Wildman–Crippen MR) is 39.9 cm³/mol. The molecule has 0 aliphatic carbocycles. The van der Waals surface area contributed by atoms with E-state index in [4.69, 9.17) is 5.11 Å². The summed E-state index contributed by atoms with van der Waals surface area (Å²) in [4.78, 5) is 0. The second kappa shape index (κ2) is 4.79. The van der Waals surface area contributed by atoms with Gasteiger partial charge in [-0.25, -0.2) is 0 Å². The van der Waals surface area contributed by atoms with Crippen molar-refractivity contribution in [2.75, 3.05) is 13.1 Å². The Morgan fingerprint density at radius 3 is 3.11 bits per heavy atom. The quantitative estimate of drug-likeness (QED) is 0.487. The number of rotatable bonds is 0. The minimum atomic E-state index is -0.266.